The molecule has 0 aliphatic heterocycles. The van der Waals surface area contributed by atoms with Crippen molar-refractivity contribution in [1.82, 2.24) is 9.97 Å². The number of rotatable bonds is 7. The van der Waals surface area contributed by atoms with Crippen molar-refractivity contribution in [2.24, 2.45) is 0 Å². The Bertz CT molecular complexity index is 1170. The summed E-state index contributed by atoms with van der Waals surface area (Å²) in [5.74, 6) is 0.855. The van der Waals surface area contributed by atoms with Crippen LogP contribution in [0.4, 0.5) is 11.5 Å². The molecule has 0 fully saturated rings. The van der Waals surface area contributed by atoms with E-state index < -0.39 is 0 Å². The number of aromatic nitrogens is 2. The Kier molecular flexibility index (Phi) is 11.8. The molecular weight excluding hydrogens is 448 g/mol. The summed E-state index contributed by atoms with van der Waals surface area (Å²) in [7, 11) is 1.93. The normalized spacial score (nSPS) is 14.9. The smallest absolute Gasteiger partial charge is 0.137 e. The summed E-state index contributed by atoms with van der Waals surface area (Å²) in [6.07, 6.45) is 13.5. The second kappa shape index (κ2) is 14.8. The molecular formula is C30H38N4S. The van der Waals surface area contributed by atoms with Crippen LogP contribution in [-0.4, -0.2) is 22.3 Å². The van der Waals surface area contributed by atoms with E-state index in [2.05, 4.69) is 102 Å². The van der Waals surface area contributed by atoms with Crippen LogP contribution in [0.15, 0.2) is 97.9 Å². The first kappa shape index (κ1) is 27.9. The van der Waals surface area contributed by atoms with E-state index in [4.69, 9.17) is 0 Å². The van der Waals surface area contributed by atoms with Crippen LogP contribution < -0.4 is 10.6 Å². The van der Waals surface area contributed by atoms with Crippen LogP contribution in [0.5, 0.6) is 0 Å². The number of hydrogen-bond acceptors (Lipinski definition) is 5. The van der Waals surface area contributed by atoms with Gasteiger partial charge in [-0.2, -0.15) is 12.6 Å². The van der Waals surface area contributed by atoms with Crippen LogP contribution in [0.25, 0.3) is 10.9 Å². The van der Waals surface area contributed by atoms with E-state index in [1.165, 1.54) is 11.1 Å². The van der Waals surface area contributed by atoms with E-state index in [1.807, 2.05) is 45.2 Å². The lowest BCUT2D eigenvalue weighted by Crippen LogP contribution is -2.09. The van der Waals surface area contributed by atoms with Gasteiger partial charge in [0, 0.05) is 23.4 Å². The van der Waals surface area contributed by atoms with Crippen molar-refractivity contribution in [3.63, 3.8) is 0 Å². The Balaban J connectivity index is 0.000000329. The minimum atomic E-state index is 0.138. The second-order valence-corrected chi connectivity index (χ2v) is 8.50. The fraction of sp³-hybridized carbons (Fsp3) is 0.267. The Labute approximate surface area is 216 Å². The Morgan fingerprint density at radius 1 is 1.14 bits per heavy atom. The molecule has 0 bridgehead atoms. The van der Waals surface area contributed by atoms with E-state index in [9.17, 15) is 0 Å². The summed E-state index contributed by atoms with van der Waals surface area (Å²) < 4.78 is 0. The van der Waals surface area contributed by atoms with Crippen molar-refractivity contribution in [2.45, 2.75) is 44.9 Å². The minimum absolute atomic E-state index is 0.138. The number of allylic oxidation sites excluding steroid dienone is 5. The molecule has 0 saturated heterocycles. The van der Waals surface area contributed by atoms with E-state index in [0.29, 0.717) is 5.25 Å². The van der Waals surface area contributed by atoms with Crippen molar-refractivity contribution in [2.75, 3.05) is 17.7 Å². The van der Waals surface area contributed by atoms with Crippen LogP contribution in [0.1, 0.15) is 44.4 Å². The zero-order valence-corrected chi connectivity index (χ0v) is 22.2. The third-order valence-electron chi connectivity index (χ3n) is 5.48. The van der Waals surface area contributed by atoms with Crippen LogP contribution in [0.3, 0.4) is 0 Å². The average molecular weight is 487 g/mol. The minimum Gasteiger partial charge on any atom is -0.388 e. The SMILES string of the molecule is C=CC1=CCC(S)C=C1.C=CCc1cccc2c(NC(C)c3cccc(NC)c3)ncnc12.CC. The quantitative estimate of drug-likeness (QED) is 0.234. The first-order valence-electron chi connectivity index (χ1n) is 12.1. The molecule has 4 rings (SSSR count). The molecule has 1 aliphatic rings. The van der Waals surface area contributed by atoms with Crippen LogP contribution in [0, 0.1) is 0 Å². The molecule has 0 radical (unpaired) electrons. The molecule has 0 saturated carbocycles. The summed E-state index contributed by atoms with van der Waals surface area (Å²) in [5, 5.41) is 8.14. The van der Waals surface area contributed by atoms with Gasteiger partial charge in [-0.15, -0.1) is 6.58 Å². The maximum absolute atomic E-state index is 4.46. The van der Waals surface area contributed by atoms with E-state index in [1.54, 1.807) is 6.33 Å². The molecule has 3 aromatic rings. The van der Waals surface area contributed by atoms with Gasteiger partial charge >= 0.3 is 0 Å². The molecule has 1 aliphatic carbocycles. The molecule has 0 amide bonds. The number of para-hydroxylation sites is 1. The number of hydrogen-bond donors (Lipinski definition) is 3. The summed E-state index contributed by atoms with van der Waals surface area (Å²) in [4.78, 5) is 8.91. The first-order valence-corrected chi connectivity index (χ1v) is 12.6. The van der Waals surface area contributed by atoms with Gasteiger partial charge in [-0.05, 0) is 54.7 Å². The lowest BCUT2D eigenvalue weighted by molar-refractivity contribution is 0.876. The highest BCUT2D eigenvalue weighted by atomic mass is 32.1. The maximum Gasteiger partial charge on any atom is 0.137 e. The molecule has 35 heavy (non-hydrogen) atoms. The molecule has 2 aromatic carbocycles. The van der Waals surface area contributed by atoms with Crippen molar-refractivity contribution >= 4 is 35.0 Å². The average Bonchev–Trinajstić information content (AvgIpc) is 2.91. The summed E-state index contributed by atoms with van der Waals surface area (Å²) in [5.41, 5.74) is 5.65. The Morgan fingerprint density at radius 3 is 2.57 bits per heavy atom. The van der Waals surface area contributed by atoms with Gasteiger partial charge in [0.15, 0.2) is 0 Å². The fourth-order valence-corrected chi connectivity index (χ4v) is 3.80. The van der Waals surface area contributed by atoms with Crippen molar-refractivity contribution in [3.8, 4) is 0 Å². The predicted molar refractivity (Wildman–Crippen MR) is 158 cm³/mol. The zero-order valence-electron chi connectivity index (χ0n) is 21.3. The molecule has 1 heterocycles. The molecule has 5 heteroatoms. The number of nitrogens with one attached hydrogen (secondary N) is 2. The van der Waals surface area contributed by atoms with E-state index >= 15 is 0 Å². The molecule has 184 valence electrons. The number of nitrogens with zero attached hydrogens (tertiary/aromatic N) is 2. The first-order chi connectivity index (χ1) is 17.0. The van der Waals surface area contributed by atoms with Gasteiger partial charge in [0.05, 0.1) is 11.6 Å². The van der Waals surface area contributed by atoms with Gasteiger partial charge in [0.25, 0.3) is 0 Å². The third-order valence-corrected chi connectivity index (χ3v) is 5.87. The molecule has 2 unspecified atom stereocenters. The monoisotopic (exact) mass is 486 g/mol. The lowest BCUT2D eigenvalue weighted by Gasteiger charge is -2.17. The van der Waals surface area contributed by atoms with Crippen molar-refractivity contribution < 1.29 is 0 Å². The van der Waals surface area contributed by atoms with Gasteiger partial charge in [-0.3, -0.25) is 0 Å². The summed E-state index contributed by atoms with van der Waals surface area (Å²) >= 11 is 4.28. The van der Waals surface area contributed by atoms with Gasteiger partial charge in [-0.25, -0.2) is 9.97 Å². The van der Waals surface area contributed by atoms with Gasteiger partial charge in [0.2, 0.25) is 0 Å². The third kappa shape index (κ3) is 8.15. The van der Waals surface area contributed by atoms with Crippen LogP contribution in [0.2, 0.25) is 0 Å². The molecule has 1 aromatic heterocycles. The van der Waals surface area contributed by atoms with E-state index in [0.717, 1.165) is 40.8 Å². The Morgan fingerprint density at radius 2 is 1.91 bits per heavy atom. The van der Waals surface area contributed by atoms with Crippen molar-refractivity contribution in [3.05, 3.63) is 109 Å². The van der Waals surface area contributed by atoms with Gasteiger partial charge < -0.3 is 10.6 Å². The van der Waals surface area contributed by atoms with E-state index in [-0.39, 0.29) is 6.04 Å². The lowest BCUT2D eigenvalue weighted by atomic mass is 10.1. The van der Waals surface area contributed by atoms with Crippen LogP contribution >= 0.6 is 12.6 Å². The number of thiol groups is 1. The standard InChI is InChI=1S/C20H22N4.C8H10S.C2H6/c1-4-7-15-8-6-11-18-19(15)22-13-23-20(18)24-14(2)16-9-5-10-17(12-16)21-3;1-2-7-3-5-8(9)6-4-7;1-2/h4-6,8-14,21H,1,7H2,2-3H3,(H,22,23,24);2-5,8-9H,1,6H2;1-2H3. The predicted octanol–water partition coefficient (Wildman–Crippen LogP) is 7.96. The second-order valence-electron chi connectivity index (χ2n) is 7.84. The van der Waals surface area contributed by atoms with Crippen molar-refractivity contribution in [1.29, 1.82) is 0 Å². The largest absolute Gasteiger partial charge is 0.388 e. The molecule has 0 spiro atoms. The number of benzene rings is 2. The maximum atomic E-state index is 4.46. The van der Waals surface area contributed by atoms with Crippen LogP contribution in [-0.2, 0) is 6.42 Å². The highest BCUT2D eigenvalue weighted by Gasteiger charge is 2.11. The molecule has 2 atom stereocenters. The summed E-state index contributed by atoms with van der Waals surface area (Å²) in [6, 6.07) is 14.7. The Hall–Kier alpha value is -3.31. The highest BCUT2D eigenvalue weighted by Crippen LogP contribution is 2.27. The topological polar surface area (TPSA) is 49.8 Å². The number of anilines is 2. The van der Waals surface area contributed by atoms with Gasteiger partial charge in [-0.1, -0.05) is 75.1 Å². The van der Waals surface area contributed by atoms with Gasteiger partial charge in [0.1, 0.15) is 12.1 Å². The number of fused-ring (bicyclic) bond motifs is 1. The summed E-state index contributed by atoms with van der Waals surface area (Å²) in [6.45, 7) is 13.6. The fourth-order valence-electron chi connectivity index (χ4n) is 3.61. The molecule has 2 N–H and O–H groups in total. The zero-order chi connectivity index (χ0) is 25.6. The highest BCUT2D eigenvalue weighted by molar-refractivity contribution is 7.81. The molecule has 4 nitrogen and oxygen atoms in total.